The van der Waals surface area contributed by atoms with Gasteiger partial charge in [-0.05, 0) is 95.0 Å². The van der Waals surface area contributed by atoms with Crippen LogP contribution in [-0.2, 0) is 13.8 Å². The third kappa shape index (κ3) is 4.92. The molecule has 0 saturated carbocycles. The van der Waals surface area contributed by atoms with Crippen LogP contribution in [0.2, 0.25) is 0 Å². The predicted molar refractivity (Wildman–Crippen MR) is 125 cm³/mol. The molecule has 1 aromatic carbocycles. The van der Waals surface area contributed by atoms with E-state index in [1.54, 1.807) is 11.8 Å². The summed E-state index contributed by atoms with van der Waals surface area (Å²) >= 11 is 3.99. The average molecular weight is 522 g/mol. The predicted octanol–water partition coefficient (Wildman–Crippen LogP) is 5.41. The lowest BCUT2D eigenvalue weighted by Gasteiger charge is -2.40. The Morgan fingerprint density at radius 2 is 1.70 bits per heavy atom. The number of hydrogen-bond acceptors (Lipinski definition) is 5. The molecule has 1 aliphatic heterocycles. The van der Waals surface area contributed by atoms with Gasteiger partial charge in [-0.2, -0.15) is 0 Å². The number of carbonyl (C=O) groups excluding carboxylic acids is 1. The molecule has 1 aromatic rings. The smallest absolute Gasteiger partial charge is 0.399 e. The number of carbonyl (C=O) groups is 1. The summed E-state index contributed by atoms with van der Waals surface area (Å²) in [5.74, 6) is 0. The highest BCUT2D eigenvalue weighted by Crippen LogP contribution is 2.46. The molecule has 1 aliphatic rings. The van der Waals surface area contributed by atoms with E-state index in [0.29, 0.717) is 12.0 Å². The first-order chi connectivity index (χ1) is 12.3. The van der Waals surface area contributed by atoms with Crippen molar-refractivity contribution in [1.82, 2.24) is 0 Å². The third-order valence-electron chi connectivity index (χ3n) is 5.81. The lowest BCUT2D eigenvalue weighted by molar-refractivity contribution is 0.00578. The molecule has 1 atom stereocenters. The lowest BCUT2D eigenvalue weighted by Crippen LogP contribution is -2.43. The van der Waals surface area contributed by atoms with Crippen molar-refractivity contribution in [2.45, 2.75) is 81.8 Å². The number of thioether (sulfide) groups is 1. The van der Waals surface area contributed by atoms with Gasteiger partial charge in [-0.1, -0.05) is 6.07 Å². The first kappa shape index (κ1) is 23.6. The highest BCUT2D eigenvalue weighted by atomic mass is 127. The summed E-state index contributed by atoms with van der Waals surface area (Å²) in [5.41, 5.74) is 0.179. The number of rotatable bonds is 7. The van der Waals surface area contributed by atoms with Gasteiger partial charge in [0, 0.05) is 15.2 Å². The summed E-state index contributed by atoms with van der Waals surface area (Å²) in [6.07, 6.45) is 0.865. The Balaban J connectivity index is 2.35. The molecule has 27 heavy (non-hydrogen) atoms. The van der Waals surface area contributed by atoms with Crippen LogP contribution < -0.4 is 5.46 Å². The first-order valence-electron chi connectivity index (χ1n) is 8.94. The first-order valence-corrected chi connectivity index (χ1v) is 13.8. The van der Waals surface area contributed by atoms with Gasteiger partial charge in [-0.3, -0.25) is 4.79 Å². The minimum atomic E-state index is -0.557. The molecule has 1 unspecified atom stereocenters. The highest BCUT2D eigenvalue weighted by Gasteiger charge is 2.52. The van der Waals surface area contributed by atoms with Crippen LogP contribution in [0.3, 0.4) is 0 Å². The molecule has 150 valence electrons. The molecule has 1 fully saturated rings. The molecule has 0 aliphatic carbocycles. The molecule has 0 N–H and O–H groups in total. The van der Waals surface area contributed by atoms with Crippen LogP contribution in [0.15, 0.2) is 23.1 Å². The highest BCUT2D eigenvalue weighted by molar-refractivity contribution is 14.2. The van der Waals surface area contributed by atoms with Crippen molar-refractivity contribution in [3.8, 4) is 0 Å². The van der Waals surface area contributed by atoms with Crippen LogP contribution in [0.4, 0.5) is 0 Å². The fourth-order valence-corrected chi connectivity index (χ4v) is 5.91. The van der Waals surface area contributed by atoms with Crippen molar-refractivity contribution in [2.75, 3.05) is 0 Å². The van der Waals surface area contributed by atoms with Crippen LogP contribution in [0, 0.1) is 0 Å². The minimum absolute atomic E-state index is 0.166. The Kier molecular flexibility index (Phi) is 7.20. The second-order valence-electron chi connectivity index (χ2n) is 8.80. The van der Waals surface area contributed by atoms with Crippen molar-refractivity contribution < 1.29 is 18.6 Å². The van der Waals surface area contributed by atoms with Crippen molar-refractivity contribution in [1.29, 1.82) is 0 Å². The molecule has 1 heterocycles. The van der Waals surface area contributed by atoms with Gasteiger partial charge in [0.15, 0.2) is 0 Å². The Morgan fingerprint density at radius 3 is 2.19 bits per heavy atom. The molecule has 0 spiro atoms. The van der Waals surface area contributed by atoms with E-state index in [2.05, 4.69) is 49.7 Å². The third-order valence-corrected chi connectivity index (χ3v) is 8.55. The van der Waals surface area contributed by atoms with E-state index in [1.807, 2.05) is 45.9 Å². The van der Waals surface area contributed by atoms with Crippen molar-refractivity contribution in [2.24, 2.45) is 0 Å². The monoisotopic (exact) mass is 522 g/mol. The molecule has 2 rings (SSSR count). The minimum Gasteiger partial charge on any atom is -0.399 e. The molecular formula is C19H29BIO4PS. The summed E-state index contributed by atoms with van der Waals surface area (Å²) in [7, 11) is -0.557. The summed E-state index contributed by atoms with van der Waals surface area (Å²) in [5, 5.41) is 0. The zero-order chi connectivity index (χ0) is 20.7. The lowest BCUT2D eigenvalue weighted by atomic mass is 9.76. The Morgan fingerprint density at radius 1 is 1.15 bits per heavy atom. The van der Waals surface area contributed by atoms with Gasteiger partial charge in [0.05, 0.1) is 23.3 Å². The van der Waals surface area contributed by atoms with Gasteiger partial charge < -0.3 is 13.8 Å². The van der Waals surface area contributed by atoms with E-state index in [1.165, 1.54) is 0 Å². The van der Waals surface area contributed by atoms with E-state index in [9.17, 15) is 4.79 Å². The van der Waals surface area contributed by atoms with Crippen molar-refractivity contribution >= 4 is 59.1 Å². The quantitative estimate of drug-likeness (QED) is 0.158. The largest absolute Gasteiger partial charge is 0.495 e. The van der Waals surface area contributed by atoms with Gasteiger partial charge >= 0.3 is 7.12 Å². The van der Waals surface area contributed by atoms with Gasteiger partial charge in [0.2, 0.25) is 0 Å². The van der Waals surface area contributed by atoms with Crippen LogP contribution in [0.25, 0.3) is 0 Å². The standard InChI is InChI=1S/C19H29BIO4PS/c1-16(2)17(3,4)24-20(23-16)15-11-14(10-9-13(15)12-22)27-19(7,8)18(5,6)25-26-21/h9-12,26H,1-8H3. The molecule has 8 heteroatoms. The number of halogens is 1. The second kappa shape index (κ2) is 8.23. The molecular weight excluding hydrogens is 493 g/mol. The summed E-state index contributed by atoms with van der Waals surface area (Å²) < 4.78 is 18.2. The number of hydrogen-bond donors (Lipinski definition) is 0. The van der Waals surface area contributed by atoms with E-state index < -0.39 is 18.3 Å². The van der Waals surface area contributed by atoms with Gasteiger partial charge in [-0.25, -0.2) is 0 Å². The molecule has 0 radical (unpaired) electrons. The van der Waals surface area contributed by atoms with E-state index in [0.717, 1.165) is 16.6 Å². The van der Waals surface area contributed by atoms with Gasteiger partial charge in [0.1, 0.15) is 6.29 Å². The molecule has 4 nitrogen and oxygen atoms in total. The van der Waals surface area contributed by atoms with E-state index in [-0.39, 0.29) is 10.3 Å². The van der Waals surface area contributed by atoms with Crippen molar-refractivity contribution in [3.05, 3.63) is 23.8 Å². The maximum Gasteiger partial charge on any atom is 0.495 e. The van der Waals surface area contributed by atoms with Gasteiger partial charge in [0.25, 0.3) is 0 Å². The van der Waals surface area contributed by atoms with Crippen molar-refractivity contribution in [3.63, 3.8) is 0 Å². The summed E-state index contributed by atoms with van der Waals surface area (Å²) in [6, 6.07) is 5.84. The van der Waals surface area contributed by atoms with Crippen LogP contribution >= 0.6 is 40.3 Å². The van der Waals surface area contributed by atoms with E-state index in [4.69, 9.17) is 13.8 Å². The van der Waals surface area contributed by atoms with Gasteiger partial charge in [-0.15, -0.1) is 11.8 Å². The Bertz CT molecular complexity index is 693. The fraction of sp³-hybridized carbons (Fsp3) is 0.632. The average Bonchev–Trinajstić information content (AvgIpc) is 2.74. The second-order valence-corrected chi connectivity index (χ2v) is 12.2. The molecule has 1 saturated heterocycles. The molecule has 0 bridgehead atoms. The number of aldehydes is 1. The normalized spacial score (nSPS) is 19.8. The zero-order valence-electron chi connectivity index (χ0n) is 17.3. The SMILES string of the molecule is CC1(C)OB(c2cc(SC(C)(C)C(C)(C)OPI)ccc2C=O)OC1(C)C. The molecule has 0 amide bonds. The van der Waals surface area contributed by atoms with Crippen LogP contribution in [0.5, 0.6) is 0 Å². The summed E-state index contributed by atoms with van der Waals surface area (Å²) in [6.45, 7) is 17.0. The van der Waals surface area contributed by atoms with Crippen LogP contribution in [-0.4, -0.2) is 35.0 Å². The topological polar surface area (TPSA) is 44.8 Å². The maximum absolute atomic E-state index is 11.6. The van der Waals surface area contributed by atoms with Crippen LogP contribution in [0.1, 0.15) is 65.7 Å². The fourth-order valence-electron chi connectivity index (χ4n) is 2.53. The Labute approximate surface area is 182 Å². The summed E-state index contributed by atoms with van der Waals surface area (Å²) in [4.78, 5) is 12.7. The van der Waals surface area contributed by atoms with E-state index >= 15 is 0 Å². The zero-order valence-corrected chi connectivity index (χ0v) is 21.3. The number of benzene rings is 1. The molecule has 0 aromatic heterocycles. The Hall–Kier alpha value is 0.345. The maximum atomic E-state index is 11.6.